The number of aromatic amines is 1. The van der Waals surface area contributed by atoms with Gasteiger partial charge in [-0.05, 0) is 45.1 Å². The van der Waals surface area contributed by atoms with E-state index in [2.05, 4.69) is 56.7 Å². The molecule has 7 heteroatoms. The Morgan fingerprint density at radius 2 is 1.85 bits per heavy atom. The third-order valence-electron chi connectivity index (χ3n) is 5.13. The van der Waals surface area contributed by atoms with Crippen molar-refractivity contribution in [3.05, 3.63) is 51.9 Å². The highest BCUT2D eigenvalue weighted by Crippen LogP contribution is 2.36. The van der Waals surface area contributed by atoms with Crippen LogP contribution in [0.3, 0.4) is 0 Å². The average molecular weight is 386 g/mol. The van der Waals surface area contributed by atoms with Crippen LogP contribution in [0.15, 0.2) is 40.3 Å². The van der Waals surface area contributed by atoms with Crippen molar-refractivity contribution in [1.29, 1.82) is 0 Å². The molecule has 0 saturated carbocycles. The summed E-state index contributed by atoms with van der Waals surface area (Å²) in [7, 11) is -0.370. The molecule has 0 atom stereocenters. The molecule has 1 aromatic carbocycles. The molecule has 0 spiro atoms. The molecule has 144 valence electrons. The molecular weight excluding hydrogens is 359 g/mol. The van der Waals surface area contributed by atoms with Gasteiger partial charge in [0, 0.05) is 17.5 Å². The highest BCUT2D eigenvalue weighted by atomic mass is 32.2. The second-order valence-electron chi connectivity index (χ2n) is 7.91. The van der Waals surface area contributed by atoms with Crippen molar-refractivity contribution < 1.29 is 9.31 Å². The summed E-state index contributed by atoms with van der Waals surface area (Å²) < 4.78 is 12.3. The number of hydrogen-bond acceptors (Lipinski definition) is 5. The van der Waals surface area contributed by atoms with E-state index in [1.54, 1.807) is 6.07 Å². The lowest BCUT2D eigenvalue weighted by Gasteiger charge is -2.32. The maximum Gasteiger partial charge on any atom is 0.494 e. The highest BCUT2D eigenvalue weighted by Gasteiger charge is 2.51. The van der Waals surface area contributed by atoms with Crippen LogP contribution in [0, 0.1) is 0 Å². The van der Waals surface area contributed by atoms with E-state index in [0.29, 0.717) is 10.9 Å². The fourth-order valence-corrected chi connectivity index (χ4v) is 3.73. The van der Waals surface area contributed by atoms with E-state index < -0.39 is 0 Å². The van der Waals surface area contributed by atoms with Gasteiger partial charge >= 0.3 is 7.12 Å². The van der Waals surface area contributed by atoms with Gasteiger partial charge in [0.25, 0.3) is 5.56 Å². The van der Waals surface area contributed by atoms with E-state index in [0.717, 1.165) is 29.6 Å². The molecule has 1 fully saturated rings. The van der Waals surface area contributed by atoms with Crippen LogP contribution < -0.4 is 11.0 Å². The van der Waals surface area contributed by atoms with Crippen LogP contribution in [0.25, 0.3) is 0 Å². The molecule has 0 unspecified atom stereocenters. The summed E-state index contributed by atoms with van der Waals surface area (Å²) in [4.78, 5) is 19.2. The van der Waals surface area contributed by atoms with Crippen LogP contribution in [0.5, 0.6) is 0 Å². The summed E-state index contributed by atoms with van der Waals surface area (Å²) >= 11 is 1.53. The summed E-state index contributed by atoms with van der Waals surface area (Å²) in [5.74, 6) is 0.714. The monoisotopic (exact) mass is 386 g/mol. The standard InChI is InChI=1S/C20H27BN2O3S/c1-6-8-16-12-17(24)23-18(22-16)27-13-14-9-7-10-15(11-14)21-25-19(2,3)20(4,5)26-21/h7,9-12H,6,8,13H2,1-5H3,(H,22,23,24). The zero-order chi connectivity index (χ0) is 19.7. The van der Waals surface area contributed by atoms with Crippen molar-refractivity contribution in [2.75, 3.05) is 0 Å². The van der Waals surface area contributed by atoms with E-state index in [4.69, 9.17) is 9.31 Å². The third-order valence-corrected chi connectivity index (χ3v) is 6.08. The minimum absolute atomic E-state index is 0.0954. The highest BCUT2D eigenvalue weighted by molar-refractivity contribution is 7.98. The molecule has 0 radical (unpaired) electrons. The van der Waals surface area contributed by atoms with Crippen LogP contribution in [-0.2, 0) is 21.5 Å². The molecule has 27 heavy (non-hydrogen) atoms. The first-order valence-electron chi connectivity index (χ1n) is 9.38. The second kappa shape index (κ2) is 7.82. The van der Waals surface area contributed by atoms with Crippen LogP contribution in [0.4, 0.5) is 0 Å². The Morgan fingerprint density at radius 1 is 1.15 bits per heavy atom. The second-order valence-corrected chi connectivity index (χ2v) is 8.88. The molecule has 1 aliphatic heterocycles. The molecule has 0 bridgehead atoms. The third kappa shape index (κ3) is 4.65. The summed E-state index contributed by atoms with van der Waals surface area (Å²) in [6.45, 7) is 10.3. The van der Waals surface area contributed by atoms with Crippen LogP contribution in [0.2, 0.25) is 0 Å². The Labute approximate surface area is 165 Å². The molecule has 3 rings (SSSR count). The van der Waals surface area contributed by atoms with Gasteiger partial charge in [-0.3, -0.25) is 4.79 Å². The number of nitrogens with one attached hydrogen (secondary N) is 1. The number of benzene rings is 1. The molecule has 0 aliphatic carbocycles. The first-order valence-corrected chi connectivity index (χ1v) is 10.4. The van der Waals surface area contributed by atoms with Crippen molar-refractivity contribution in [2.24, 2.45) is 0 Å². The number of hydrogen-bond donors (Lipinski definition) is 1. The van der Waals surface area contributed by atoms with E-state index in [9.17, 15) is 4.79 Å². The zero-order valence-corrected chi connectivity index (χ0v) is 17.5. The molecule has 2 aromatic rings. The summed E-state index contributed by atoms with van der Waals surface area (Å²) in [6.07, 6.45) is 1.78. The number of aryl methyl sites for hydroxylation is 1. The van der Waals surface area contributed by atoms with E-state index >= 15 is 0 Å². The maximum atomic E-state index is 11.8. The Bertz CT molecular complexity index is 850. The first-order chi connectivity index (χ1) is 12.7. The fourth-order valence-electron chi connectivity index (χ4n) is 2.90. The molecular formula is C20H27BN2O3S. The smallest absolute Gasteiger partial charge is 0.399 e. The number of thioether (sulfide) groups is 1. The van der Waals surface area contributed by atoms with Gasteiger partial charge in [0.05, 0.1) is 11.2 Å². The van der Waals surface area contributed by atoms with Crippen LogP contribution >= 0.6 is 11.8 Å². The van der Waals surface area contributed by atoms with Crippen molar-refractivity contribution in [2.45, 2.75) is 69.6 Å². The van der Waals surface area contributed by atoms with Gasteiger partial charge in [-0.15, -0.1) is 0 Å². The number of nitrogens with zero attached hydrogens (tertiary/aromatic N) is 1. The normalized spacial score (nSPS) is 18.0. The lowest BCUT2D eigenvalue weighted by atomic mass is 9.78. The largest absolute Gasteiger partial charge is 0.494 e. The summed E-state index contributed by atoms with van der Waals surface area (Å²) in [6, 6.07) is 9.78. The van der Waals surface area contributed by atoms with Crippen molar-refractivity contribution >= 4 is 24.3 Å². The van der Waals surface area contributed by atoms with Gasteiger partial charge < -0.3 is 14.3 Å². The van der Waals surface area contributed by atoms with E-state index in [-0.39, 0.29) is 23.9 Å². The fraction of sp³-hybridized carbons (Fsp3) is 0.500. The SMILES string of the molecule is CCCc1cc(=O)[nH]c(SCc2cccc(B3OC(C)(C)C(C)(C)O3)c2)n1. The van der Waals surface area contributed by atoms with Gasteiger partial charge in [0.1, 0.15) is 0 Å². The van der Waals surface area contributed by atoms with Gasteiger partial charge in [-0.25, -0.2) is 4.98 Å². The molecule has 5 nitrogen and oxygen atoms in total. The van der Waals surface area contributed by atoms with Gasteiger partial charge in [0.2, 0.25) is 0 Å². The first kappa shape index (κ1) is 20.2. The minimum atomic E-state index is -0.370. The predicted molar refractivity (Wildman–Crippen MR) is 111 cm³/mol. The van der Waals surface area contributed by atoms with Crippen molar-refractivity contribution in [3.8, 4) is 0 Å². The van der Waals surface area contributed by atoms with E-state index in [1.807, 2.05) is 12.1 Å². The predicted octanol–water partition coefficient (Wildman–Crippen LogP) is 3.31. The molecule has 1 N–H and O–H groups in total. The molecule has 2 heterocycles. The maximum absolute atomic E-state index is 11.8. The van der Waals surface area contributed by atoms with Crippen molar-refractivity contribution in [3.63, 3.8) is 0 Å². The van der Waals surface area contributed by atoms with Crippen LogP contribution in [-0.4, -0.2) is 28.3 Å². The summed E-state index contributed by atoms with van der Waals surface area (Å²) in [5.41, 5.74) is 2.18. The lowest BCUT2D eigenvalue weighted by molar-refractivity contribution is 0.00578. The number of H-pyrrole nitrogens is 1. The Balaban J connectivity index is 1.71. The Morgan fingerprint density at radius 3 is 2.52 bits per heavy atom. The Kier molecular flexibility index (Phi) is 5.84. The topological polar surface area (TPSA) is 64.2 Å². The molecule has 1 saturated heterocycles. The Hall–Kier alpha value is -1.57. The van der Waals surface area contributed by atoms with Gasteiger partial charge in [-0.2, -0.15) is 0 Å². The molecule has 1 aliphatic rings. The quantitative estimate of drug-likeness (QED) is 0.469. The average Bonchev–Trinajstić information content (AvgIpc) is 2.81. The van der Waals surface area contributed by atoms with Gasteiger partial charge in [0.15, 0.2) is 5.16 Å². The summed E-state index contributed by atoms with van der Waals surface area (Å²) in [5, 5.41) is 0.659. The van der Waals surface area contributed by atoms with Crippen molar-refractivity contribution in [1.82, 2.24) is 9.97 Å². The lowest BCUT2D eigenvalue weighted by Crippen LogP contribution is -2.41. The molecule has 1 aromatic heterocycles. The number of rotatable bonds is 6. The number of aromatic nitrogens is 2. The van der Waals surface area contributed by atoms with Crippen LogP contribution in [0.1, 0.15) is 52.3 Å². The van der Waals surface area contributed by atoms with E-state index in [1.165, 1.54) is 11.8 Å². The van der Waals surface area contributed by atoms with Gasteiger partial charge in [-0.1, -0.05) is 49.4 Å². The minimum Gasteiger partial charge on any atom is -0.399 e. The molecule has 0 amide bonds. The zero-order valence-electron chi connectivity index (χ0n) is 16.7.